The highest BCUT2D eigenvalue weighted by Crippen LogP contribution is 2.52. The van der Waals surface area contributed by atoms with E-state index in [1.165, 1.54) is 18.1 Å². The molecule has 0 saturated carbocycles. The summed E-state index contributed by atoms with van der Waals surface area (Å²) in [7, 11) is 1.55. The number of carbonyl (C=O) groups is 3. The van der Waals surface area contributed by atoms with Crippen molar-refractivity contribution in [3.63, 3.8) is 0 Å². The van der Waals surface area contributed by atoms with Crippen LogP contribution in [0.15, 0.2) is 36.8 Å². The van der Waals surface area contributed by atoms with Gasteiger partial charge >= 0.3 is 18.2 Å². The van der Waals surface area contributed by atoms with Crippen molar-refractivity contribution in [3.05, 3.63) is 47.9 Å². The molecule has 2 aliphatic rings. The Labute approximate surface area is 283 Å². The van der Waals surface area contributed by atoms with Gasteiger partial charge in [-0.25, -0.2) is 24.4 Å². The first-order valence-corrected chi connectivity index (χ1v) is 16.3. The van der Waals surface area contributed by atoms with Crippen LogP contribution in [0.25, 0.3) is 11.0 Å². The Morgan fingerprint density at radius 2 is 1.60 bits per heavy atom. The molecule has 0 radical (unpaired) electrons. The Hall–Kier alpha value is -4.32. The Bertz CT molecular complexity index is 1720. The number of methoxy groups -OCH3 is 1. The first-order chi connectivity index (χ1) is 22.4. The van der Waals surface area contributed by atoms with Crippen molar-refractivity contribution < 1.29 is 42.8 Å². The van der Waals surface area contributed by atoms with Gasteiger partial charge in [-0.15, -0.1) is 18.2 Å². The predicted molar refractivity (Wildman–Crippen MR) is 178 cm³/mol. The molecule has 0 bridgehead atoms. The maximum atomic E-state index is 13.5. The third-order valence-electron chi connectivity index (χ3n) is 7.21. The predicted octanol–water partition coefficient (Wildman–Crippen LogP) is 6.09. The van der Waals surface area contributed by atoms with E-state index in [-0.39, 0.29) is 23.1 Å². The number of aromatic nitrogens is 3. The summed E-state index contributed by atoms with van der Waals surface area (Å²) in [6.45, 7) is 13.8. The van der Waals surface area contributed by atoms with Gasteiger partial charge in [0.05, 0.1) is 28.9 Å². The molecule has 256 valence electrons. The molecule has 0 spiro atoms. The summed E-state index contributed by atoms with van der Waals surface area (Å²) >= 11 is 1.47. The van der Waals surface area contributed by atoms with Gasteiger partial charge in [0.25, 0.3) is 0 Å². The van der Waals surface area contributed by atoms with Crippen LogP contribution in [0.3, 0.4) is 0 Å². The number of terminal acetylenes is 1. The maximum Gasteiger partial charge on any atom is 0.425 e. The van der Waals surface area contributed by atoms with E-state index in [0.29, 0.717) is 22.5 Å². The van der Waals surface area contributed by atoms with Gasteiger partial charge in [0.15, 0.2) is 11.6 Å². The molecule has 4 atom stereocenters. The minimum absolute atomic E-state index is 0.0408. The SMILES string of the molecule is C#Cc1cn([C@@H]2S[C@H](COC(=O)c3ccc(OC)cc3)[C@H]3OC(C)(C)O[C@H]32)c2ncnc(N(C(=O)OC(C)(C)C)C(=O)OC(C)(C)C)c12. The van der Waals surface area contributed by atoms with Crippen LogP contribution in [-0.4, -0.2) is 80.9 Å². The monoisotopic (exact) mass is 680 g/mol. The standard InChI is InChI=1S/C34H40N4O9S/c1-11-19-16-37(26-23(19)27(36-18-35-26)38(30(40)46-32(2,3)4)31(41)47-33(5,6)7)28-25-24(44-34(8,9)45-25)22(48-28)17-43-29(39)20-12-14-21(42-10)15-13-20/h1,12-16,18,22,24-25,28H,17H2,2-10H3/t22-,24-,25-,28-/m1/s1. The lowest BCUT2D eigenvalue weighted by Crippen LogP contribution is -2.44. The normalized spacial score (nSPS) is 21.7. The highest BCUT2D eigenvalue weighted by Gasteiger charge is 2.56. The molecule has 1 aromatic carbocycles. The number of imide groups is 1. The first kappa shape index (κ1) is 35.0. The van der Waals surface area contributed by atoms with E-state index in [9.17, 15) is 14.4 Å². The summed E-state index contributed by atoms with van der Waals surface area (Å²) in [6, 6.07) is 6.64. The average molecular weight is 681 g/mol. The van der Waals surface area contributed by atoms with E-state index in [4.69, 9.17) is 34.8 Å². The van der Waals surface area contributed by atoms with Crippen molar-refractivity contribution >= 4 is 46.8 Å². The maximum absolute atomic E-state index is 13.5. The Morgan fingerprint density at radius 1 is 1.00 bits per heavy atom. The van der Waals surface area contributed by atoms with Gasteiger partial charge in [-0.05, 0) is 79.7 Å². The fourth-order valence-electron chi connectivity index (χ4n) is 5.39. The summed E-state index contributed by atoms with van der Waals surface area (Å²) < 4.78 is 36.6. The van der Waals surface area contributed by atoms with Gasteiger partial charge in [-0.2, -0.15) is 4.90 Å². The molecule has 14 heteroatoms. The van der Waals surface area contributed by atoms with Crippen LogP contribution >= 0.6 is 11.8 Å². The third-order valence-corrected chi connectivity index (χ3v) is 8.74. The summed E-state index contributed by atoms with van der Waals surface area (Å²) in [6.07, 6.45) is 5.98. The minimum Gasteiger partial charge on any atom is -0.497 e. The number of esters is 1. The molecule has 0 aliphatic carbocycles. The second-order valence-electron chi connectivity index (χ2n) is 13.7. The van der Waals surface area contributed by atoms with Crippen molar-refractivity contribution in [1.82, 2.24) is 14.5 Å². The number of carbonyl (C=O) groups excluding carboxylic acids is 3. The number of hydrogen-bond donors (Lipinski definition) is 0. The van der Waals surface area contributed by atoms with Gasteiger partial charge in [-0.1, -0.05) is 5.92 Å². The van der Waals surface area contributed by atoms with E-state index < -0.39 is 52.7 Å². The summed E-state index contributed by atoms with van der Waals surface area (Å²) in [4.78, 5) is 49.5. The van der Waals surface area contributed by atoms with Crippen molar-refractivity contribution in [2.75, 3.05) is 18.6 Å². The molecule has 13 nitrogen and oxygen atoms in total. The second kappa shape index (κ2) is 12.9. The first-order valence-electron chi connectivity index (χ1n) is 15.3. The summed E-state index contributed by atoms with van der Waals surface area (Å²) in [5.74, 6) is 1.77. The van der Waals surface area contributed by atoms with Crippen LogP contribution in [0, 0.1) is 12.3 Å². The summed E-state index contributed by atoms with van der Waals surface area (Å²) in [5.41, 5.74) is -0.820. The number of nitrogens with zero attached hydrogens (tertiary/aromatic N) is 4. The van der Waals surface area contributed by atoms with E-state index in [1.54, 1.807) is 79.1 Å². The molecule has 5 rings (SSSR count). The topological polar surface area (TPSA) is 141 Å². The number of thioether (sulfide) groups is 1. The van der Waals surface area contributed by atoms with Crippen LogP contribution in [0.1, 0.15) is 76.7 Å². The number of fused-ring (bicyclic) bond motifs is 2. The highest BCUT2D eigenvalue weighted by molar-refractivity contribution is 8.00. The van der Waals surface area contributed by atoms with E-state index in [2.05, 4.69) is 15.9 Å². The van der Waals surface area contributed by atoms with Gasteiger partial charge in [0.2, 0.25) is 0 Å². The molecule has 0 N–H and O–H groups in total. The number of rotatable bonds is 6. The Balaban J connectivity index is 1.51. The van der Waals surface area contributed by atoms with E-state index in [1.807, 2.05) is 18.4 Å². The number of amides is 2. The quantitative estimate of drug-likeness (QED) is 0.169. The van der Waals surface area contributed by atoms with Crippen molar-refractivity contribution in [3.8, 4) is 18.1 Å². The lowest BCUT2D eigenvalue weighted by Gasteiger charge is -2.28. The van der Waals surface area contributed by atoms with Crippen molar-refractivity contribution in [2.45, 2.75) is 95.2 Å². The van der Waals surface area contributed by atoms with Crippen molar-refractivity contribution in [2.24, 2.45) is 0 Å². The Kier molecular flexibility index (Phi) is 9.44. The lowest BCUT2D eigenvalue weighted by molar-refractivity contribution is -0.149. The molecule has 2 fully saturated rings. The van der Waals surface area contributed by atoms with Crippen LogP contribution in [-0.2, 0) is 23.7 Å². The van der Waals surface area contributed by atoms with Crippen molar-refractivity contribution in [1.29, 1.82) is 0 Å². The zero-order chi connectivity index (χ0) is 35.2. The van der Waals surface area contributed by atoms with Gasteiger partial charge in [0, 0.05) is 6.20 Å². The van der Waals surface area contributed by atoms with Gasteiger partial charge in [-0.3, -0.25) is 0 Å². The zero-order valence-corrected chi connectivity index (χ0v) is 29.2. The molecular formula is C34H40N4O9S. The molecule has 48 heavy (non-hydrogen) atoms. The van der Waals surface area contributed by atoms with Crippen LogP contribution in [0.5, 0.6) is 5.75 Å². The highest BCUT2D eigenvalue weighted by atomic mass is 32.2. The Morgan fingerprint density at radius 3 is 2.17 bits per heavy atom. The molecule has 2 aromatic heterocycles. The second-order valence-corrected chi connectivity index (χ2v) is 15.1. The molecule has 4 heterocycles. The fourth-order valence-corrected chi connectivity index (χ4v) is 6.92. The van der Waals surface area contributed by atoms with E-state index in [0.717, 1.165) is 4.90 Å². The molecule has 2 aliphatic heterocycles. The number of ether oxygens (including phenoxy) is 6. The van der Waals surface area contributed by atoms with Gasteiger partial charge in [0.1, 0.15) is 53.1 Å². The molecular weight excluding hydrogens is 640 g/mol. The molecule has 2 saturated heterocycles. The number of benzene rings is 1. The average Bonchev–Trinajstić information content (AvgIpc) is 3.62. The van der Waals surface area contributed by atoms with E-state index >= 15 is 0 Å². The largest absolute Gasteiger partial charge is 0.497 e. The third kappa shape index (κ3) is 7.38. The fraction of sp³-hybridized carbons (Fsp3) is 0.500. The number of anilines is 1. The molecule has 0 unspecified atom stereocenters. The molecule has 3 aromatic rings. The minimum atomic E-state index is -0.990. The van der Waals surface area contributed by atoms with Crippen LogP contribution in [0.4, 0.5) is 15.4 Å². The van der Waals surface area contributed by atoms with Crippen LogP contribution in [0.2, 0.25) is 0 Å². The number of hydrogen-bond acceptors (Lipinski definition) is 12. The summed E-state index contributed by atoms with van der Waals surface area (Å²) in [5, 5.41) is -0.510. The van der Waals surface area contributed by atoms with Gasteiger partial charge < -0.3 is 33.0 Å². The smallest absolute Gasteiger partial charge is 0.425 e. The lowest BCUT2D eigenvalue weighted by atomic mass is 10.1. The zero-order valence-electron chi connectivity index (χ0n) is 28.4. The molecule has 2 amide bonds. The van der Waals surface area contributed by atoms with Crippen LogP contribution < -0.4 is 9.64 Å².